The molecule has 1 amide bonds. The summed E-state index contributed by atoms with van der Waals surface area (Å²) in [5, 5.41) is 7.62. The second-order valence-corrected chi connectivity index (χ2v) is 8.96. The van der Waals surface area contributed by atoms with E-state index in [0.717, 1.165) is 11.5 Å². The Morgan fingerprint density at radius 3 is 2.73 bits per heavy atom. The number of aryl methyl sites for hydroxylation is 1. The van der Waals surface area contributed by atoms with Crippen LogP contribution in [-0.4, -0.2) is 71.0 Å². The normalized spacial score (nSPS) is 25.2. The summed E-state index contributed by atoms with van der Waals surface area (Å²) in [5.74, 6) is 1.41. The molecule has 0 spiro atoms. The van der Waals surface area contributed by atoms with E-state index in [9.17, 15) is 13.2 Å². The molecule has 2 saturated heterocycles. The number of carbonyl (C=O) groups excluding carboxylic acids is 1. The number of piperazine rings is 1. The maximum atomic E-state index is 12.8. The Kier molecular flexibility index (Phi) is 4.28. The van der Waals surface area contributed by atoms with Crippen LogP contribution in [0, 0.1) is 6.92 Å². The third-order valence-corrected chi connectivity index (χ3v) is 6.70. The van der Waals surface area contributed by atoms with Crippen molar-refractivity contribution < 1.29 is 17.6 Å². The number of furan rings is 1. The summed E-state index contributed by atoms with van der Waals surface area (Å²) in [6.07, 6.45) is 1.50. The molecular formula is C17H20N4O4S. The molecule has 4 heterocycles. The van der Waals surface area contributed by atoms with Crippen LogP contribution in [0.15, 0.2) is 34.9 Å². The van der Waals surface area contributed by atoms with E-state index >= 15 is 0 Å². The van der Waals surface area contributed by atoms with Gasteiger partial charge in [-0.05, 0) is 31.2 Å². The first-order valence-corrected chi connectivity index (χ1v) is 10.3. The first-order valence-electron chi connectivity index (χ1n) is 8.51. The zero-order valence-corrected chi connectivity index (χ0v) is 15.2. The fourth-order valence-electron chi connectivity index (χ4n) is 3.81. The molecule has 2 aliphatic heterocycles. The van der Waals surface area contributed by atoms with Gasteiger partial charge in [-0.1, -0.05) is 0 Å². The molecule has 0 bridgehead atoms. The molecule has 0 unspecified atom stereocenters. The highest BCUT2D eigenvalue weighted by molar-refractivity contribution is 7.91. The van der Waals surface area contributed by atoms with Gasteiger partial charge in [0.2, 0.25) is 0 Å². The Hall–Kier alpha value is -2.26. The fourth-order valence-corrected chi connectivity index (χ4v) is 5.82. The predicted octanol–water partition coefficient (Wildman–Crippen LogP) is 0.502. The summed E-state index contributed by atoms with van der Waals surface area (Å²) >= 11 is 0. The van der Waals surface area contributed by atoms with Crippen molar-refractivity contribution in [1.29, 1.82) is 0 Å². The third-order valence-electron chi connectivity index (χ3n) is 5.00. The highest BCUT2D eigenvalue weighted by Crippen LogP contribution is 2.29. The maximum absolute atomic E-state index is 12.8. The van der Waals surface area contributed by atoms with Crippen molar-refractivity contribution in [2.45, 2.75) is 25.6 Å². The number of rotatable bonds is 3. The highest BCUT2D eigenvalue weighted by Gasteiger charge is 2.48. The Balaban J connectivity index is 1.58. The van der Waals surface area contributed by atoms with Gasteiger partial charge >= 0.3 is 0 Å². The van der Waals surface area contributed by atoms with Gasteiger partial charge in [-0.25, -0.2) is 8.42 Å². The highest BCUT2D eigenvalue weighted by atomic mass is 32.2. The minimum atomic E-state index is -3.20. The number of aromatic nitrogens is 2. The number of hydrogen-bond donors (Lipinski definition) is 0. The molecule has 0 N–H and O–H groups in total. The average molecular weight is 376 g/mol. The van der Waals surface area contributed by atoms with Gasteiger partial charge in [-0.3, -0.25) is 9.69 Å². The molecule has 0 aliphatic carbocycles. The average Bonchev–Trinajstić information content (AvgIpc) is 3.17. The number of amides is 1. The van der Waals surface area contributed by atoms with Crippen LogP contribution < -0.4 is 0 Å². The molecule has 8 nitrogen and oxygen atoms in total. The van der Waals surface area contributed by atoms with Gasteiger partial charge < -0.3 is 9.32 Å². The summed E-state index contributed by atoms with van der Waals surface area (Å²) in [7, 11) is -3.20. The van der Waals surface area contributed by atoms with Gasteiger partial charge in [-0.15, -0.1) is 5.10 Å². The minimum Gasteiger partial charge on any atom is -0.465 e. The van der Waals surface area contributed by atoms with Crippen molar-refractivity contribution in [2.75, 3.05) is 24.6 Å². The van der Waals surface area contributed by atoms with Crippen LogP contribution >= 0.6 is 0 Å². The summed E-state index contributed by atoms with van der Waals surface area (Å²) in [4.78, 5) is 16.6. The number of carbonyl (C=O) groups is 1. The van der Waals surface area contributed by atoms with E-state index in [1.165, 1.54) is 6.20 Å². The van der Waals surface area contributed by atoms with Crippen molar-refractivity contribution in [2.24, 2.45) is 0 Å². The SMILES string of the molecule is Cc1ccc(CN2CCN(C(=O)c3cccnn3)[C@H]3CS(=O)(=O)C[C@H]32)o1. The maximum Gasteiger partial charge on any atom is 0.274 e. The molecule has 2 fully saturated rings. The molecule has 2 atom stereocenters. The molecular weight excluding hydrogens is 356 g/mol. The van der Waals surface area contributed by atoms with Crippen molar-refractivity contribution in [3.63, 3.8) is 0 Å². The predicted molar refractivity (Wildman–Crippen MR) is 93.2 cm³/mol. The van der Waals surface area contributed by atoms with Gasteiger partial charge in [0.15, 0.2) is 15.5 Å². The molecule has 4 rings (SSSR count). The topological polar surface area (TPSA) is 96.6 Å². The van der Waals surface area contributed by atoms with Crippen LogP contribution in [0.5, 0.6) is 0 Å². The lowest BCUT2D eigenvalue weighted by Crippen LogP contribution is -2.60. The van der Waals surface area contributed by atoms with Gasteiger partial charge in [0.05, 0.1) is 24.1 Å². The smallest absolute Gasteiger partial charge is 0.274 e. The number of sulfone groups is 1. The van der Waals surface area contributed by atoms with Crippen molar-refractivity contribution in [1.82, 2.24) is 20.0 Å². The Bertz CT molecular complexity index is 912. The van der Waals surface area contributed by atoms with Gasteiger partial charge in [0.25, 0.3) is 5.91 Å². The van der Waals surface area contributed by atoms with Gasteiger partial charge in [0.1, 0.15) is 11.5 Å². The van der Waals surface area contributed by atoms with Crippen molar-refractivity contribution in [3.05, 3.63) is 47.7 Å². The van der Waals surface area contributed by atoms with Crippen LogP contribution in [-0.2, 0) is 16.4 Å². The second kappa shape index (κ2) is 6.48. The standard InChI is InChI=1S/C17H20N4O4S/c1-12-4-5-13(25-12)9-20-7-8-21(16-11-26(23,24)10-15(16)20)17(22)14-3-2-6-18-19-14/h2-6,15-16H,7-11H2,1H3/t15-,16+/m1/s1. The largest absolute Gasteiger partial charge is 0.465 e. The fraction of sp³-hybridized carbons (Fsp3) is 0.471. The number of fused-ring (bicyclic) bond motifs is 1. The minimum absolute atomic E-state index is 0.0165. The lowest BCUT2D eigenvalue weighted by molar-refractivity contribution is 0.0279. The van der Waals surface area contributed by atoms with Crippen LogP contribution in [0.2, 0.25) is 0 Å². The van der Waals surface area contributed by atoms with Crippen molar-refractivity contribution >= 4 is 15.7 Å². The molecule has 26 heavy (non-hydrogen) atoms. The molecule has 2 aromatic rings. The monoisotopic (exact) mass is 376 g/mol. The van der Waals surface area contributed by atoms with E-state index < -0.39 is 9.84 Å². The Morgan fingerprint density at radius 1 is 1.23 bits per heavy atom. The van der Waals surface area contributed by atoms with Gasteiger partial charge in [-0.2, -0.15) is 5.10 Å². The van der Waals surface area contributed by atoms with E-state index in [1.807, 2.05) is 19.1 Å². The molecule has 2 aromatic heterocycles. The summed E-state index contributed by atoms with van der Waals surface area (Å²) in [6.45, 7) is 3.45. The van der Waals surface area contributed by atoms with E-state index in [2.05, 4.69) is 15.1 Å². The van der Waals surface area contributed by atoms with Crippen LogP contribution in [0.1, 0.15) is 22.0 Å². The van der Waals surface area contributed by atoms with Gasteiger partial charge in [0, 0.05) is 25.3 Å². The number of hydrogen-bond acceptors (Lipinski definition) is 7. The zero-order chi connectivity index (χ0) is 18.3. The van der Waals surface area contributed by atoms with E-state index in [-0.39, 0.29) is 35.2 Å². The lowest BCUT2D eigenvalue weighted by atomic mass is 10.0. The number of nitrogens with zero attached hydrogens (tertiary/aromatic N) is 4. The molecule has 138 valence electrons. The molecule has 0 radical (unpaired) electrons. The Morgan fingerprint density at radius 2 is 2.04 bits per heavy atom. The second-order valence-electron chi connectivity index (χ2n) is 6.80. The van der Waals surface area contributed by atoms with Crippen LogP contribution in [0.4, 0.5) is 0 Å². The third kappa shape index (κ3) is 3.24. The summed E-state index contributed by atoms with van der Waals surface area (Å²) in [6, 6.07) is 6.44. The van der Waals surface area contributed by atoms with E-state index in [4.69, 9.17) is 4.42 Å². The van der Waals surface area contributed by atoms with Crippen LogP contribution in [0.25, 0.3) is 0 Å². The molecule has 9 heteroatoms. The zero-order valence-electron chi connectivity index (χ0n) is 14.4. The van der Waals surface area contributed by atoms with Crippen LogP contribution in [0.3, 0.4) is 0 Å². The summed E-state index contributed by atoms with van der Waals surface area (Å²) in [5.41, 5.74) is 0.241. The Labute approximate surface area is 151 Å². The molecule has 2 aliphatic rings. The lowest BCUT2D eigenvalue weighted by Gasteiger charge is -2.43. The summed E-state index contributed by atoms with van der Waals surface area (Å²) < 4.78 is 30.2. The quantitative estimate of drug-likeness (QED) is 0.769. The molecule has 0 aromatic carbocycles. The van der Waals surface area contributed by atoms with E-state index in [0.29, 0.717) is 19.6 Å². The van der Waals surface area contributed by atoms with E-state index in [1.54, 1.807) is 17.0 Å². The first-order chi connectivity index (χ1) is 12.4. The first kappa shape index (κ1) is 17.2. The molecule has 0 saturated carbocycles. The van der Waals surface area contributed by atoms with Crippen molar-refractivity contribution in [3.8, 4) is 0 Å².